The van der Waals surface area contributed by atoms with Gasteiger partial charge >= 0.3 is 0 Å². The Hall–Kier alpha value is -2.30. The number of carbonyl (C=O) groups excluding carboxylic acids is 1. The molecule has 1 aromatic carbocycles. The largest absolute Gasteiger partial charge is 0.497 e. The lowest BCUT2D eigenvalue weighted by atomic mass is 10.0. The Morgan fingerprint density at radius 2 is 2.10 bits per heavy atom. The normalized spacial score (nSPS) is 10.3. The molecule has 20 heavy (non-hydrogen) atoms. The summed E-state index contributed by atoms with van der Waals surface area (Å²) < 4.78 is 12.3. The van der Waals surface area contributed by atoms with Gasteiger partial charge in [-0.2, -0.15) is 0 Å². The van der Waals surface area contributed by atoms with Crippen molar-refractivity contribution in [3.8, 4) is 11.5 Å². The third-order valence-electron chi connectivity index (χ3n) is 3.21. The lowest BCUT2D eigenvalue weighted by Crippen LogP contribution is -2.06. The van der Waals surface area contributed by atoms with Crippen LogP contribution >= 0.6 is 0 Å². The van der Waals surface area contributed by atoms with Gasteiger partial charge in [0.1, 0.15) is 17.3 Å². The molecule has 0 fully saturated rings. The van der Waals surface area contributed by atoms with Crippen molar-refractivity contribution in [3.63, 3.8) is 0 Å². The van der Waals surface area contributed by atoms with Gasteiger partial charge in [-0.1, -0.05) is 0 Å². The van der Waals surface area contributed by atoms with E-state index >= 15 is 0 Å². The van der Waals surface area contributed by atoms with Gasteiger partial charge in [0.25, 0.3) is 0 Å². The van der Waals surface area contributed by atoms with Crippen molar-refractivity contribution in [1.29, 1.82) is 0 Å². The minimum absolute atomic E-state index is 0.0347. The Morgan fingerprint density at radius 3 is 2.70 bits per heavy atom. The van der Waals surface area contributed by atoms with Gasteiger partial charge in [0.05, 0.1) is 19.8 Å². The van der Waals surface area contributed by atoms with E-state index in [1.54, 1.807) is 38.6 Å². The van der Waals surface area contributed by atoms with Crippen LogP contribution in [0.15, 0.2) is 30.6 Å². The molecule has 2 rings (SSSR count). The van der Waals surface area contributed by atoms with Gasteiger partial charge in [-0.15, -0.1) is 0 Å². The quantitative estimate of drug-likeness (QED) is 0.758. The lowest BCUT2D eigenvalue weighted by molar-refractivity contribution is 0.0979. The molecule has 5 nitrogen and oxygen atoms in total. The van der Waals surface area contributed by atoms with E-state index in [9.17, 15) is 4.79 Å². The molecule has 0 saturated heterocycles. The van der Waals surface area contributed by atoms with Gasteiger partial charge < -0.3 is 14.0 Å². The van der Waals surface area contributed by atoms with Crippen molar-refractivity contribution < 1.29 is 14.3 Å². The van der Waals surface area contributed by atoms with Crippen molar-refractivity contribution >= 4 is 5.78 Å². The molecule has 0 spiro atoms. The van der Waals surface area contributed by atoms with E-state index in [0.717, 1.165) is 5.82 Å². The summed E-state index contributed by atoms with van der Waals surface area (Å²) in [6, 6.07) is 5.21. The second-order valence-corrected chi connectivity index (χ2v) is 4.44. The minimum atomic E-state index is 0.0347. The molecule has 5 heteroatoms. The van der Waals surface area contributed by atoms with Crippen molar-refractivity contribution in [3.05, 3.63) is 42.0 Å². The van der Waals surface area contributed by atoms with Gasteiger partial charge in [0, 0.05) is 38.3 Å². The molecule has 1 heterocycles. The number of Topliss-reactive ketones (excluding diaryl/α,β-unsaturated/α-hetero) is 1. The van der Waals surface area contributed by atoms with Crippen molar-refractivity contribution in [1.82, 2.24) is 9.55 Å². The van der Waals surface area contributed by atoms with E-state index in [-0.39, 0.29) is 5.78 Å². The summed E-state index contributed by atoms with van der Waals surface area (Å²) in [6.45, 7) is 0. The highest BCUT2D eigenvalue weighted by Crippen LogP contribution is 2.25. The third-order valence-corrected chi connectivity index (χ3v) is 3.21. The maximum Gasteiger partial charge on any atom is 0.167 e. The summed E-state index contributed by atoms with van der Waals surface area (Å²) in [5.41, 5.74) is 0.572. The van der Waals surface area contributed by atoms with Crippen molar-refractivity contribution in [2.24, 2.45) is 7.05 Å². The Labute approximate surface area is 118 Å². The zero-order chi connectivity index (χ0) is 14.5. The van der Waals surface area contributed by atoms with Crippen LogP contribution in [0, 0.1) is 0 Å². The maximum absolute atomic E-state index is 12.3. The molecule has 0 atom stereocenters. The molecule has 0 radical (unpaired) electrons. The molecule has 1 aromatic heterocycles. The number of benzene rings is 1. The molecule has 0 saturated carbocycles. The summed E-state index contributed by atoms with van der Waals surface area (Å²) in [6.07, 6.45) is 4.60. The molecule has 0 amide bonds. The molecule has 0 aliphatic carbocycles. The molecule has 0 aliphatic rings. The third kappa shape index (κ3) is 2.99. The zero-order valence-corrected chi connectivity index (χ0v) is 11.9. The number of methoxy groups -OCH3 is 2. The molecule has 0 aliphatic heterocycles. The first kappa shape index (κ1) is 14.1. The maximum atomic E-state index is 12.3. The number of imidazole rings is 1. The second-order valence-electron chi connectivity index (χ2n) is 4.44. The predicted octanol–water partition coefficient (Wildman–Crippen LogP) is 2.25. The monoisotopic (exact) mass is 274 g/mol. The highest BCUT2D eigenvalue weighted by Gasteiger charge is 2.14. The fourth-order valence-corrected chi connectivity index (χ4v) is 2.03. The Morgan fingerprint density at radius 1 is 1.30 bits per heavy atom. The second kappa shape index (κ2) is 6.23. The van der Waals surface area contributed by atoms with E-state index in [1.807, 2.05) is 17.8 Å². The van der Waals surface area contributed by atoms with E-state index in [1.165, 1.54) is 0 Å². The summed E-state index contributed by atoms with van der Waals surface area (Å²) in [4.78, 5) is 16.5. The van der Waals surface area contributed by atoms with E-state index < -0.39 is 0 Å². The molecule has 0 N–H and O–H groups in total. The van der Waals surface area contributed by atoms with Crippen LogP contribution in [-0.4, -0.2) is 29.6 Å². The number of aryl methyl sites for hydroxylation is 2. The van der Waals surface area contributed by atoms with Gasteiger partial charge in [0.2, 0.25) is 0 Å². The fraction of sp³-hybridized carbons (Fsp3) is 0.333. The fourth-order valence-electron chi connectivity index (χ4n) is 2.03. The highest BCUT2D eigenvalue weighted by atomic mass is 16.5. The van der Waals surface area contributed by atoms with Crippen LogP contribution in [0.3, 0.4) is 0 Å². The summed E-state index contributed by atoms with van der Waals surface area (Å²) in [5, 5.41) is 0. The van der Waals surface area contributed by atoms with Crippen molar-refractivity contribution in [2.45, 2.75) is 12.8 Å². The van der Waals surface area contributed by atoms with Gasteiger partial charge in [-0.25, -0.2) is 4.98 Å². The van der Waals surface area contributed by atoms with Crippen LogP contribution in [0.5, 0.6) is 11.5 Å². The average molecular weight is 274 g/mol. The SMILES string of the molecule is COc1ccc(C(=O)CCc2nccn2C)c(OC)c1. The summed E-state index contributed by atoms with van der Waals surface area (Å²) in [5.74, 6) is 2.13. The predicted molar refractivity (Wildman–Crippen MR) is 75.4 cm³/mol. The summed E-state index contributed by atoms with van der Waals surface area (Å²) >= 11 is 0. The number of hydrogen-bond donors (Lipinski definition) is 0. The molecular formula is C15H18N2O3. The molecule has 106 valence electrons. The molecular weight excluding hydrogens is 256 g/mol. The van der Waals surface area contributed by atoms with E-state index in [0.29, 0.717) is 29.9 Å². The first-order valence-corrected chi connectivity index (χ1v) is 6.37. The Kier molecular flexibility index (Phi) is 4.40. The van der Waals surface area contributed by atoms with E-state index in [2.05, 4.69) is 4.98 Å². The smallest absolute Gasteiger partial charge is 0.167 e. The number of nitrogens with zero attached hydrogens (tertiary/aromatic N) is 2. The molecule has 2 aromatic rings. The highest BCUT2D eigenvalue weighted by molar-refractivity contribution is 5.98. The number of ketones is 1. The number of hydrogen-bond acceptors (Lipinski definition) is 4. The summed E-state index contributed by atoms with van der Waals surface area (Å²) in [7, 11) is 5.04. The minimum Gasteiger partial charge on any atom is -0.497 e. The topological polar surface area (TPSA) is 53.3 Å². The van der Waals surface area contributed by atoms with Crippen LogP contribution < -0.4 is 9.47 Å². The Balaban J connectivity index is 2.11. The number of rotatable bonds is 6. The molecule has 0 unspecified atom stereocenters. The van der Waals surface area contributed by atoms with Crippen LogP contribution in [0.2, 0.25) is 0 Å². The number of carbonyl (C=O) groups is 1. The van der Waals surface area contributed by atoms with Gasteiger partial charge in [0.15, 0.2) is 5.78 Å². The first-order valence-electron chi connectivity index (χ1n) is 6.37. The van der Waals surface area contributed by atoms with Crippen LogP contribution in [0.4, 0.5) is 0 Å². The van der Waals surface area contributed by atoms with E-state index in [4.69, 9.17) is 9.47 Å². The van der Waals surface area contributed by atoms with Crippen LogP contribution in [0.25, 0.3) is 0 Å². The average Bonchev–Trinajstić information content (AvgIpc) is 2.89. The standard InChI is InChI=1S/C15H18N2O3/c1-17-9-8-16-15(17)7-6-13(18)12-5-4-11(19-2)10-14(12)20-3/h4-5,8-10H,6-7H2,1-3H3. The number of aromatic nitrogens is 2. The van der Waals surface area contributed by atoms with Gasteiger partial charge in [-0.05, 0) is 12.1 Å². The lowest BCUT2D eigenvalue weighted by Gasteiger charge is -2.09. The van der Waals surface area contributed by atoms with Crippen LogP contribution in [0.1, 0.15) is 22.6 Å². The van der Waals surface area contributed by atoms with Crippen molar-refractivity contribution in [2.75, 3.05) is 14.2 Å². The van der Waals surface area contributed by atoms with Gasteiger partial charge in [-0.3, -0.25) is 4.79 Å². The molecule has 0 bridgehead atoms. The number of ether oxygens (including phenoxy) is 2. The Bertz CT molecular complexity index is 605. The van der Waals surface area contributed by atoms with Crippen LogP contribution in [-0.2, 0) is 13.5 Å². The first-order chi connectivity index (χ1) is 9.65. The zero-order valence-electron chi connectivity index (χ0n) is 11.9.